The molecule has 0 atom stereocenters. The lowest BCUT2D eigenvalue weighted by Crippen LogP contribution is -2.03. The highest BCUT2D eigenvalue weighted by Crippen LogP contribution is 2.18. The number of rotatable bonds is 2. The number of hydrogen-bond donors (Lipinski definition) is 1. The van der Waals surface area contributed by atoms with Crippen LogP contribution in [0.5, 0.6) is 0 Å². The molecule has 0 saturated heterocycles. The molecule has 4 heteroatoms. The summed E-state index contributed by atoms with van der Waals surface area (Å²) < 4.78 is 1.84. The lowest BCUT2D eigenvalue weighted by molar-refractivity contribution is 0.688. The van der Waals surface area contributed by atoms with Crippen molar-refractivity contribution in [2.24, 2.45) is 0 Å². The van der Waals surface area contributed by atoms with Gasteiger partial charge in [-0.1, -0.05) is 11.6 Å². The molecule has 15 heavy (non-hydrogen) atoms. The Morgan fingerprint density at radius 3 is 2.93 bits per heavy atom. The van der Waals surface area contributed by atoms with E-state index in [0.717, 1.165) is 16.8 Å². The predicted molar refractivity (Wildman–Crippen MR) is 61.9 cm³/mol. The SMILES string of the molecule is Cc1cnn(Cc2cc(Cl)ccc2N)c1. The van der Waals surface area contributed by atoms with Crippen LogP contribution in [-0.4, -0.2) is 9.78 Å². The molecule has 0 aliphatic rings. The number of nitrogens with two attached hydrogens (primary N) is 1. The highest BCUT2D eigenvalue weighted by atomic mass is 35.5. The van der Waals surface area contributed by atoms with Crippen molar-refractivity contribution >= 4 is 17.3 Å². The van der Waals surface area contributed by atoms with E-state index in [1.54, 1.807) is 6.07 Å². The second kappa shape index (κ2) is 3.95. The first-order valence-electron chi connectivity index (χ1n) is 4.68. The van der Waals surface area contributed by atoms with Gasteiger partial charge >= 0.3 is 0 Å². The van der Waals surface area contributed by atoms with Crippen LogP contribution in [0.4, 0.5) is 5.69 Å². The molecule has 1 heterocycles. The first-order chi connectivity index (χ1) is 7.15. The van der Waals surface area contributed by atoms with Gasteiger partial charge in [-0.15, -0.1) is 0 Å². The van der Waals surface area contributed by atoms with Crippen LogP contribution in [0, 0.1) is 6.92 Å². The van der Waals surface area contributed by atoms with Gasteiger partial charge in [-0.25, -0.2) is 0 Å². The average Bonchev–Trinajstić information content (AvgIpc) is 2.58. The van der Waals surface area contributed by atoms with Crippen molar-refractivity contribution in [3.05, 3.63) is 46.7 Å². The molecule has 0 bridgehead atoms. The molecular formula is C11H12ClN3. The van der Waals surface area contributed by atoms with E-state index in [0.29, 0.717) is 11.6 Å². The Morgan fingerprint density at radius 2 is 2.27 bits per heavy atom. The second-order valence-electron chi connectivity index (χ2n) is 3.56. The van der Waals surface area contributed by atoms with Gasteiger partial charge in [-0.05, 0) is 36.2 Å². The predicted octanol–water partition coefficient (Wildman–Crippen LogP) is 2.48. The Balaban J connectivity index is 2.27. The summed E-state index contributed by atoms with van der Waals surface area (Å²) in [6.07, 6.45) is 3.79. The third-order valence-corrected chi connectivity index (χ3v) is 2.43. The molecule has 0 amide bonds. The van der Waals surface area contributed by atoms with E-state index in [9.17, 15) is 0 Å². The van der Waals surface area contributed by atoms with E-state index in [-0.39, 0.29) is 0 Å². The zero-order valence-electron chi connectivity index (χ0n) is 8.44. The minimum atomic E-state index is 0.653. The molecule has 2 aromatic rings. The van der Waals surface area contributed by atoms with Crippen LogP contribution in [0.25, 0.3) is 0 Å². The maximum atomic E-state index is 5.90. The Hall–Kier alpha value is -1.48. The summed E-state index contributed by atoms with van der Waals surface area (Å²) in [5.74, 6) is 0. The van der Waals surface area contributed by atoms with Crippen molar-refractivity contribution in [1.29, 1.82) is 0 Å². The number of anilines is 1. The number of aryl methyl sites for hydroxylation is 1. The molecular weight excluding hydrogens is 210 g/mol. The van der Waals surface area contributed by atoms with Crippen LogP contribution < -0.4 is 5.73 Å². The normalized spacial score (nSPS) is 10.5. The molecule has 2 N–H and O–H groups in total. The molecule has 0 radical (unpaired) electrons. The van der Waals surface area contributed by atoms with Crippen LogP contribution in [0.1, 0.15) is 11.1 Å². The molecule has 1 aromatic carbocycles. The third kappa shape index (κ3) is 2.30. The zero-order chi connectivity index (χ0) is 10.8. The number of nitrogen functional groups attached to an aromatic ring is 1. The molecule has 0 fully saturated rings. The Bertz CT molecular complexity index is 476. The van der Waals surface area contributed by atoms with Crippen LogP contribution in [0.15, 0.2) is 30.6 Å². The highest BCUT2D eigenvalue weighted by Gasteiger charge is 2.02. The molecule has 0 aliphatic heterocycles. The van der Waals surface area contributed by atoms with Gasteiger partial charge in [-0.2, -0.15) is 5.10 Å². The highest BCUT2D eigenvalue weighted by molar-refractivity contribution is 6.30. The largest absolute Gasteiger partial charge is 0.398 e. The lowest BCUT2D eigenvalue weighted by atomic mass is 10.2. The van der Waals surface area contributed by atoms with Crippen molar-refractivity contribution in [2.75, 3.05) is 5.73 Å². The van der Waals surface area contributed by atoms with Gasteiger partial charge in [0.05, 0.1) is 12.7 Å². The van der Waals surface area contributed by atoms with Crippen molar-refractivity contribution in [2.45, 2.75) is 13.5 Å². The first-order valence-corrected chi connectivity index (χ1v) is 5.06. The van der Waals surface area contributed by atoms with Crippen molar-refractivity contribution in [3.8, 4) is 0 Å². The van der Waals surface area contributed by atoms with E-state index in [1.807, 2.05) is 36.1 Å². The molecule has 2 rings (SSSR count). The first kappa shape index (κ1) is 10.1. The quantitative estimate of drug-likeness (QED) is 0.792. The van der Waals surface area contributed by atoms with Crippen molar-refractivity contribution in [1.82, 2.24) is 9.78 Å². The number of benzene rings is 1. The minimum Gasteiger partial charge on any atom is -0.398 e. The third-order valence-electron chi connectivity index (χ3n) is 2.20. The fourth-order valence-corrected chi connectivity index (χ4v) is 1.63. The van der Waals surface area contributed by atoms with Crippen molar-refractivity contribution in [3.63, 3.8) is 0 Å². The Morgan fingerprint density at radius 1 is 1.47 bits per heavy atom. The second-order valence-corrected chi connectivity index (χ2v) is 3.99. The van der Waals surface area contributed by atoms with E-state index in [2.05, 4.69) is 5.10 Å². The maximum absolute atomic E-state index is 5.90. The standard InChI is InChI=1S/C11H12ClN3/c1-8-5-14-15(6-8)7-9-4-10(12)2-3-11(9)13/h2-6H,7,13H2,1H3. The molecule has 3 nitrogen and oxygen atoms in total. The van der Waals surface area contributed by atoms with E-state index in [4.69, 9.17) is 17.3 Å². The van der Waals surface area contributed by atoms with Crippen molar-refractivity contribution < 1.29 is 0 Å². The molecule has 0 aliphatic carbocycles. The van der Waals surface area contributed by atoms with E-state index >= 15 is 0 Å². The summed E-state index contributed by atoms with van der Waals surface area (Å²) in [6.45, 7) is 2.66. The number of halogens is 1. The van der Waals surface area contributed by atoms with Crippen LogP contribution in [-0.2, 0) is 6.54 Å². The van der Waals surface area contributed by atoms with Gasteiger partial charge in [0, 0.05) is 16.9 Å². The summed E-state index contributed by atoms with van der Waals surface area (Å²) in [5, 5.41) is 4.90. The van der Waals surface area contributed by atoms with Crippen LogP contribution >= 0.6 is 11.6 Å². The summed E-state index contributed by atoms with van der Waals surface area (Å²) in [4.78, 5) is 0. The average molecular weight is 222 g/mol. The van der Waals surface area contributed by atoms with Gasteiger partial charge in [0.2, 0.25) is 0 Å². The molecule has 0 unspecified atom stereocenters. The summed E-state index contributed by atoms with van der Waals surface area (Å²) in [7, 11) is 0. The fourth-order valence-electron chi connectivity index (χ4n) is 1.44. The van der Waals surface area contributed by atoms with Gasteiger partial charge in [0.25, 0.3) is 0 Å². The maximum Gasteiger partial charge on any atom is 0.0680 e. The number of hydrogen-bond acceptors (Lipinski definition) is 2. The van der Waals surface area contributed by atoms with E-state index < -0.39 is 0 Å². The van der Waals surface area contributed by atoms with Gasteiger partial charge < -0.3 is 5.73 Å². The molecule has 78 valence electrons. The number of nitrogens with zero attached hydrogens (tertiary/aromatic N) is 2. The zero-order valence-corrected chi connectivity index (χ0v) is 9.20. The Kier molecular flexibility index (Phi) is 2.64. The minimum absolute atomic E-state index is 0.653. The molecule has 0 spiro atoms. The smallest absolute Gasteiger partial charge is 0.0680 e. The van der Waals surface area contributed by atoms with Crippen LogP contribution in [0.2, 0.25) is 5.02 Å². The van der Waals surface area contributed by atoms with Gasteiger partial charge in [-0.3, -0.25) is 4.68 Å². The topological polar surface area (TPSA) is 43.8 Å². The number of aromatic nitrogens is 2. The molecule has 1 aromatic heterocycles. The van der Waals surface area contributed by atoms with Gasteiger partial charge in [0.15, 0.2) is 0 Å². The monoisotopic (exact) mass is 221 g/mol. The fraction of sp³-hybridized carbons (Fsp3) is 0.182. The summed E-state index contributed by atoms with van der Waals surface area (Å²) in [5.41, 5.74) is 8.71. The van der Waals surface area contributed by atoms with E-state index in [1.165, 1.54) is 0 Å². The lowest BCUT2D eigenvalue weighted by Gasteiger charge is -2.06. The summed E-state index contributed by atoms with van der Waals surface area (Å²) >= 11 is 5.90. The summed E-state index contributed by atoms with van der Waals surface area (Å²) in [6, 6.07) is 5.47. The van der Waals surface area contributed by atoms with Gasteiger partial charge in [0.1, 0.15) is 0 Å². The Labute approximate surface area is 93.5 Å². The van der Waals surface area contributed by atoms with Crippen LogP contribution in [0.3, 0.4) is 0 Å². The molecule has 0 saturated carbocycles.